The molecule has 28 heavy (non-hydrogen) atoms. The molecule has 0 radical (unpaired) electrons. The molecule has 0 unspecified atom stereocenters. The highest BCUT2D eigenvalue weighted by Crippen LogP contribution is 2.34. The Labute approximate surface area is 166 Å². The minimum Gasteiger partial charge on any atom is -0.381 e. The summed E-state index contributed by atoms with van der Waals surface area (Å²) in [6.45, 7) is 5.12. The van der Waals surface area contributed by atoms with Gasteiger partial charge in [-0.2, -0.15) is 0 Å². The van der Waals surface area contributed by atoms with Gasteiger partial charge < -0.3 is 19.7 Å². The first kappa shape index (κ1) is 19.0. The molecule has 5 nitrogen and oxygen atoms in total. The molecular formula is C23H28N2O3. The number of morpholine rings is 1. The number of ether oxygens (including phenoxy) is 2. The number of rotatable bonds is 5. The predicted octanol–water partition coefficient (Wildman–Crippen LogP) is 3.00. The monoisotopic (exact) mass is 380 g/mol. The highest BCUT2D eigenvalue weighted by atomic mass is 16.5. The lowest BCUT2D eigenvalue weighted by atomic mass is 9.74. The summed E-state index contributed by atoms with van der Waals surface area (Å²) >= 11 is 0. The number of nitrogens with one attached hydrogen (secondary N) is 1. The topological polar surface area (TPSA) is 50.8 Å². The van der Waals surface area contributed by atoms with Crippen LogP contribution >= 0.6 is 0 Å². The Hall–Kier alpha value is -2.37. The maximum atomic E-state index is 13.1. The summed E-state index contributed by atoms with van der Waals surface area (Å²) in [6.07, 6.45) is 1.84. The van der Waals surface area contributed by atoms with Crippen LogP contribution < -0.4 is 10.2 Å². The van der Waals surface area contributed by atoms with E-state index < -0.39 is 0 Å². The molecule has 0 bridgehead atoms. The van der Waals surface area contributed by atoms with E-state index in [2.05, 4.69) is 34.5 Å². The van der Waals surface area contributed by atoms with Crippen molar-refractivity contribution in [3.05, 3.63) is 65.7 Å². The van der Waals surface area contributed by atoms with Gasteiger partial charge in [-0.25, -0.2) is 0 Å². The average molecular weight is 380 g/mol. The molecule has 0 atom stereocenters. The minimum absolute atomic E-state index is 0.0103. The number of benzene rings is 2. The molecule has 0 saturated carbocycles. The lowest BCUT2D eigenvalue weighted by Gasteiger charge is -2.38. The van der Waals surface area contributed by atoms with Crippen LogP contribution in [0.1, 0.15) is 28.8 Å². The van der Waals surface area contributed by atoms with E-state index in [-0.39, 0.29) is 11.3 Å². The quantitative estimate of drug-likeness (QED) is 0.866. The number of hydrogen-bond acceptors (Lipinski definition) is 4. The first-order valence-corrected chi connectivity index (χ1v) is 10.1. The molecule has 4 rings (SSSR count). The molecule has 1 N–H and O–H groups in total. The second-order valence-electron chi connectivity index (χ2n) is 7.56. The third-order valence-electron chi connectivity index (χ3n) is 5.92. The van der Waals surface area contributed by atoms with Crippen LogP contribution in [0.15, 0.2) is 54.6 Å². The minimum atomic E-state index is -0.0664. The van der Waals surface area contributed by atoms with Crippen LogP contribution in [0.3, 0.4) is 0 Å². The Balaban J connectivity index is 1.52. The van der Waals surface area contributed by atoms with Crippen molar-refractivity contribution in [2.45, 2.75) is 18.3 Å². The number of amides is 1. The third-order valence-corrected chi connectivity index (χ3v) is 5.92. The third kappa shape index (κ3) is 4.05. The summed E-state index contributed by atoms with van der Waals surface area (Å²) in [5.41, 5.74) is 2.94. The van der Waals surface area contributed by atoms with Gasteiger partial charge in [-0.15, -0.1) is 0 Å². The maximum Gasteiger partial charge on any atom is 0.253 e. The van der Waals surface area contributed by atoms with Crippen LogP contribution in [-0.2, 0) is 14.9 Å². The van der Waals surface area contributed by atoms with E-state index in [0.29, 0.717) is 19.8 Å². The molecule has 148 valence electrons. The van der Waals surface area contributed by atoms with Crippen LogP contribution in [0.25, 0.3) is 0 Å². The van der Waals surface area contributed by atoms with Crippen molar-refractivity contribution in [2.24, 2.45) is 0 Å². The zero-order chi connectivity index (χ0) is 19.2. The van der Waals surface area contributed by atoms with Gasteiger partial charge in [0, 0.05) is 44.0 Å². The molecule has 2 aliphatic heterocycles. The van der Waals surface area contributed by atoms with E-state index in [1.54, 1.807) is 0 Å². The number of nitrogens with zero attached hydrogens (tertiary/aromatic N) is 1. The lowest BCUT2D eigenvalue weighted by molar-refractivity contribution is 0.0487. The molecule has 2 saturated heterocycles. The van der Waals surface area contributed by atoms with E-state index in [1.165, 1.54) is 5.56 Å². The van der Waals surface area contributed by atoms with Crippen molar-refractivity contribution in [3.63, 3.8) is 0 Å². The predicted molar refractivity (Wildman–Crippen MR) is 110 cm³/mol. The van der Waals surface area contributed by atoms with E-state index in [1.807, 2.05) is 30.3 Å². The highest BCUT2D eigenvalue weighted by molar-refractivity contribution is 5.99. The number of anilines is 1. The summed E-state index contributed by atoms with van der Waals surface area (Å²) in [4.78, 5) is 15.4. The number of carbonyl (C=O) groups excluding carboxylic acids is 1. The highest BCUT2D eigenvalue weighted by Gasteiger charge is 2.35. The normalized spacial score (nSPS) is 19.2. The van der Waals surface area contributed by atoms with Crippen molar-refractivity contribution in [3.8, 4) is 0 Å². The molecule has 2 aromatic rings. The van der Waals surface area contributed by atoms with Gasteiger partial charge in [0.1, 0.15) is 0 Å². The second-order valence-corrected chi connectivity index (χ2v) is 7.56. The van der Waals surface area contributed by atoms with Crippen LogP contribution in [0.4, 0.5) is 5.69 Å². The van der Waals surface area contributed by atoms with Gasteiger partial charge >= 0.3 is 0 Å². The van der Waals surface area contributed by atoms with Gasteiger partial charge in [0.2, 0.25) is 0 Å². The van der Waals surface area contributed by atoms with E-state index in [9.17, 15) is 4.79 Å². The largest absolute Gasteiger partial charge is 0.381 e. The Morgan fingerprint density at radius 3 is 2.29 bits per heavy atom. The van der Waals surface area contributed by atoms with Gasteiger partial charge in [-0.05, 0) is 30.5 Å². The van der Waals surface area contributed by atoms with E-state index >= 15 is 0 Å². The molecule has 0 spiro atoms. The molecule has 2 aromatic carbocycles. The molecule has 2 heterocycles. The molecule has 2 aliphatic rings. The second kappa shape index (κ2) is 8.76. The summed E-state index contributed by atoms with van der Waals surface area (Å²) in [5, 5.41) is 3.24. The first-order chi connectivity index (χ1) is 13.8. The van der Waals surface area contributed by atoms with Gasteiger partial charge in [0.15, 0.2) is 0 Å². The van der Waals surface area contributed by atoms with Gasteiger partial charge in [-0.1, -0.05) is 42.5 Å². The Morgan fingerprint density at radius 2 is 1.54 bits per heavy atom. The van der Waals surface area contributed by atoms with Crippen LogP contribution in [-0.4, -0.2) is 52.0 Å². The van der Waals surface area contributed by atoms with Gasteiger partial charge in [0.25, 0.3) is 5.91 Å². The molecule has 1 amide bonds. The molecule has 2 fully saturated rings. The van der Waals surface area contributed by atoms with Gasteiger partial charge in [0.05, 0.1) is 18.8 Å². The number of para-hydroxylation sites is 1. The molecule has 0 aliphatic carbocycles. The SMILES string of the molecule is O=C(NCC1(c2ccccc2)CCOCC1)c1ccccc1N1CCOCC1. The summed E-state index contributed by atoms with van der Waals surface area (Å²) in [7, 11) is 0. The summed E-state index contributed by atoms with van der Waals surface area (Å²) in [5.74, 6) is -0.0103. The fraction of sp³-hybridized carbons (Fsp3) is 0.435. The van der Waals surface area contributed by atoms with Crippen LogP contribution in [0, 0.1) is 0 Å². The zero-order valence-corrected chi connectivity index (χ0v) is 16.2. The Morgan fingerprint density at radius 1 is 0.893 bits per heavy atom. The molecule has 0 aromatic heterocycles. The summed E-state index contributed by atoms with van der Waals surface area (Å²) < 4.78 is 11.1. The fourth-order valence-corrected chi connectivity index (χ4v) is 4.21. The average Bonchev–Trinajstić information content (AvgIpc) is 2.79. The maximum absolute atomic E-state index is 13.1. The Kier molecular flexibility index (Phi) is 5.93. The standard InChI is InChI=1S/C23H28N2O3/c26-22(20-8-4-5-9-21(20)25-12-16-28-17-13-25)24-18-23(10-14-27-15-11-23)19-6-2-1-3-7-19/h1-9H,10-18H2,(H,24,26). The first-order valence-electron chi connectivity index (χ1n) is 10.1. The van der Waals surface area contributed by atoms with Crippen molar-refractivity contribution in [2.75, 3.05) is 51.0 Å². The van der Waals surface area contributed by atoms with E-state index in [4.69, 9.17) is 9.47 Å². The van der Waals surface area contributed by atoms with Gasteiger partial charge in [-0.3, -0.25) is 4.79 Å². The lowest BCUT2D eigenvalue weighted by Crippen LogP contribution is -2.45. The molecule has 5 heteroatoms. The van der Waals surface area contributed by atoms with E-state index in [0.717, 1.165) is 50.4 Å². The van der Waals surface area contributed by atoms with Crippen molar-refractivity contribution < 1.29 is 14.3 Å². The van der Waals surface area contributed by atoms with Crippen LogP contribution in [0.5, 0.6) is 0 Å². The smallest absolute Gasteiger partial charge is 0.253 e. The fourth-order valence-electron chi connectivity index (χ4n) is 4.21. The molecular weight excluding hydrogens is 352 g/mol. The number of hydrogen-bond donors (Lipinski definition) is 1. The van der Waals surface area contributed by atoms with Crippen LogP contribution in [0.2, 0.25) is 0 Å². The Bertz CT molecular complexity index is 781. The summed E-state index contributed by atoms with van der Waals surface area (Å²) in [6, 6.07) is 18.4. The number of carbonyl (C=O) groups is 1. The zero-order valence-electron chi connectivity index (χ0n) is 16.2. The van der Waals surface area contributed by atoms with Crippen molar-refractivity contribution >= 4 is 11.6 Å². The van der Waals surface area contributed by atoms with Crippen molar-refractivity contribution in [1.82, 2.24) is 5.32 Å². The van der Waals surface area contributed by atoms with Crippen molar-refractivity contribution in [1.29, 1.82) is 0 Å².